The van der Waals surface area contributed by atoms with Crippen LogP contribution >= 0.6 is 0 Å². The first-order valence-corrected chi connectivity index (χ1v) is 9.69. The summed E-state index contributed by atoms with van der Waals surface area (Å²) in [5.41, 5.74) is 6.23. The number of carbonyl (C=O) groups is 1. The Morgan fingerprint density at radius 1 is 1.23 bits per heavy atom. The summed E-state index contributed by atoms with van der Waals surface area (Å²) < 4.78 is 44.2. The number of nitrogens with zero attached hydrogens (tertiary/aromatic N) is 1. The van der Waals surface area contributed by atoms with Gasteiger partial charge in [0.15, 0.2) is 5.43 Å². The van der Waals surface area contributed by atoms with Crippen molar-refractivity contribution < 1.29 is 22.7 Å². The number of hydrogen-bond acceptors (Lipinski definition) is 4. The standard InChI is InChI=1S/C13H15F3O.C9H7N3O2/c1-17-12-8-10(14)2-3-11(12)9-4-6-13(15,16)7-5-9;10-9(14)8-7-5(1-3-12-8)11-4-2-6(7)13/h2-3,8-9H,4-7H2,1H3;1-4H,(H2,10,14)(H,11,13). The zero-order valence-corrected chi connectivity index (χ0v) is 16.8. The number of amides is 1. The molecule has 1 amide bonds. The molecule has 0 aliphatic heterocycles. The maximum atomic E-state index is 13.0. The van der Waals surface area contributed by atoms with Crippen molar-refractivity contribution in [3.05, 3.63) is 70.0 Å². The molecule has 2 heterocycles. The molecule has 0 radical (unpaired) electrons. The Labute approximate surface area is 176 Å². The Bertz CT molecular complexity index is 1130. The van der Waals surface area contributed by atoms with Gasteiger partial charge in [-0.3, -0.25) is 14.6 Å². The minimum Gasteiger partial charge on any atom is -0.496 e. The van der Waals surface area contributed by atoms with Crippen LogP contribution < -0.4 is 15.9 Å². The van der Waals surface area contributed by atoms with E-state index in [1.807, 2.05) is 0 Å². The number of pyridine rings is 2. The van der Waals surface area contributed by atoms with Crippen molar-refractivity contribution in [2.75, 3.05) is 7.11 Å². The normalized spacial score (nSPS) is 15.7. The van der Waals surface area contributed by atoms with Crippen LogP contribution in [0.5, 0.6) is 5.75 Å². The lowest BCUT2D eigenvalue weighted by Gasteiger charge is -2.29. The molecule has 0 atom stereocenters. The predicted molar refractivity (Wildman–Crippen MR) is 110 cm³/mol. The number of carbonyl (C=O) groups excluding carboxylic acids is 1. The lowest BCUT2D eigenvalue weighted by atomic mass is 9.82. The molecule has 9 heteroatoms. The summed E-state index contributed by atoms with van der Waals surface area (Å²) in [6.45, 7) is 0. The summed E-state index contributed by atoms with van der Waals surface area (Å²) in [6, 6.07) is 7.24. The van der Waals surface area contributed by atoms with Gasteiger partial charge >= 0.3 is 0 Å². The molecule has 3 aromatic rings. The molecule has 164 valence electrons. The van der Waals surface area contributed by atoms with E-state index in [9.17, 15) is 22.8 Å². The number of primary amides is 1. The van der Waals surface area contributed by atoms with E-state index in [4.69, 9.17) is 10.5 Å². The topological polar surface area (TPSA) is 98.1 Å². The van der Waals surface area contributed by atoms with Crippen molar-refractivity contribution in [2.24, 2.45) is 5.73 Å². The van der Waals surface area contributed by atoms with E-state index < -0.39 is 11.8 Å². The van der Waals surface area contributed by atoms with E-state index >= 15 is 0 Å². The quantitative estimate of drug-likeness (QED) is 0.648. The summed E-state index contributed by atoms with van der Waals surface area (Å²) in [5, 5.41) is 0.238. The molecule has 4 rings (SSSR count). The second-order valence-corrected chi connectivity index (χ2v) is 7.30. The van der Waals surface area contributed by atoms with Gasteiger partial charge in [0.05, 0.1) is 18.0 Å². The van der Waals surface area contributed by atoms with E-state index in [1.54, 1.807) is 12.1 Å². The summed E-state index contributed by atoms with van der Waals surface area (Å²) >= 11 is 0. The number of nitrogens with two attached hydrogens (primary N) is 1. The monoisotopic (exact) mass is 433 g/mol. The highest BCUT2D eigenvalue weighted by Crippen LogP contribution is 2.43. The Morgan fingerprint density at radius 3 is 2.58 bits per heavy atom. The van der Waals surface area contributed by atoms with Gasteiger partial charge in [-0.2, -0.15) is 0 Å². The van der Waals surface area contributed by atoms with Crippen LogP contribution in [0.3, 0.4) is 0 Å². The maximum absolute atomic E-state index is 13.0. The Balaban J connectivity index is 0.000000179. The maximum Gasteiger partial charge on any atom is 0.268 e. The first-order chi connectivity index (χ1) is 14.7. The molecule has 6 nitrogen and oxygen atoms in total. The van der Waals surface area contributed by atoms with Gasteiger partial charge in [-0.25, -0.2) is 13.2 Å². The highest BCUT2D eigenvalue weighted by atomic mass is 19.3. The van der Waals surface area contributed by atoms with E-state index in [0.717, 1.165) is 5.56 Å². The molecule has 3 N–H and O–H groups in total. The molecule has 0 saturated heterocycles. The molecule has 1 saturated carbocycles. The van der Waals surface area contributed by atoms with E-state index in [2.05, 4.69) is 9.97 Å². The number of hydrogen-bond donors (Lipinski definition) is 2. The first-order valence-electron chi connectivity index (χ1n) is 9.69. The molecule has 2 aromatic heterocycles. The van der Waals surface area contributed by atoms with E-state index in [1.165, 1.54) is 37.7 Å². The average molecular weight is 433 g/mol. The number of alkyl halides is 2. The van der Waals surface area contributed by atoms with Crippen molar-refractivity contribution in [1.82, 2.24) is 9.97 Å². The van der Waals surface area contributed by atoms with Crippen molar-refractivity contribution in [3.8, 4) is 5.75 Å². The molecule has 1 aliphatic carbocycles. The third kappa shape index (κ3) is 5.22. The second-order valence-electron chi connectivity index (χ2n) is 7.30. The van der Waals surface area contributed by atoms with Crippen LogP contribution in [0.1, 0.15) is 47.7 Å². The molecular weight excluding hydrogens is 411 g/mol. The van der Waals surface area contributed by atoms with Crippen molar-refractivity contribution >= 4 is 16.8 Å². The summed E-state index contributed by atoms with van der Waals surface area (Å²) in [7, 11) is 1.47. The van der Waals surface area contributed by atoms with Gasteiger partial charge in [-0.15, -0.1) is 0 Å². The number of halogens is 3. The summed E-state index contributed by atoms with van der Waals surface area (Å²) in [6.07, 6.45) is 3.59. The van der Waals surface area contributed by atoms with Crippen LogP contribution in [0.2, 0.25) is 0 Å². The highest BCUT2D eigenvalue weighted by molar-refractivity contribution is 6.03. The van der Waals surface area contributed by atoms with Gasteiger partial charge < -0.3 is 15.5 Å². The molecular formula is C22H22F3N3O3. The number of ether oxygens (including phenoxy) is 1. The highest BCUT2D eigenvalue weighted by Gasteiger charge is 2.36. The number of methoxy groups -OCH3 is 1. The third-order valence-corrected chi connectivity index (χ3v) is 5.26. The lowest BCUT2D eigenvalue weighted by Crippen LogP contribution is -2.23. The number of nitrogens with one attached hydrogen (secondary N) is 1. The van der Waals surface area contributed by atoms with Gasteiger partial charge in [0.2, 0.25) is 5.92 Å². The lowest BCUT2D eigenvalue weighted by molar-refractivity contribution is -0.0383. The Kier molecular flexibility index (Phi) is 6.62. The largest absolute Gasteiger partial charge is 0.496 e. The smallest absolute Gasteiger partial charge is 0.268 e. The van der Waals surface area contributed by atoms with Gasteiger partial charge in [-0.05, 0) is 36.5 Å². The molecule has 31 heavy (non-hydrogen) atoms. The SMILES string of the molecule is COc1cc(F)ccc1C1CCC(F)(F)CC1.NC(=O)c1nccc2[nH]ccc(=O)c12. The van der Waals surface area contributed by atoms with Crippen molar-refractivity contribution in [2.45, 2.75) is 37.5 Å². The van der Waals surface area contributed by atoms with Crippen molar-refractivity contribution in [3.63, 3.8) is 0 Å². The number of H-pyrrole nitrogens is 1. The van der Waals surface area contributed by atoms with E-state index in [-0.39, 0.29) is 41.1 Å². The number of benzene rings is 1. The van der Waals surface area contributed by atoms with Crippen LogP contribution in [-0.4, -0.2) is 28.9 Å². The zero-order chi connectivity index (χ0) is 22.6. The third-order valence-electron chi connectivity index (χ3n) is 5.26. The molecule has 0 bridgehead atoms. The first kappa shape index (κ1) is 22.3. The molecule has 0 spiro atoms. The number of aromatic amines is 1. The van der Waals surface area contributed by atoms with Gasteiger partial charge in [0.25, 0.3) is 5.91 Å². The fourth-order valence-electron chi connectivity index (χ4n) is 3.68. The van der Waals surface area contributed by atoms with E-state index in [0.29, 0.717) is 24.1 Å². The van der Waals surface area contributed by atoms with Crippen LogP contribution in [0.15, 0.2) is 47.5 Å². The number of rotatable bonds is 3. The second kappa shape index (κ2) is 9.20. The molecule has 1 fully saturated rings. The van der Waals surface area contributed by atoms with Gasteiger partial charge in [0, 0.05) is 37.4 Å². The Hall–Kier alpha value is -3.36. The minimum atomic E-state index is -2.54. The van der Waals surface area contributed by atoms with Crippen LogP contribution in [0.25, 0.3) is 10.9 Å². The average Bonchev–Trinajstić information content (AvgIpc) is 2.74. The van der Waals surface area contributed by atoms with Gasteiger partial charge in [-0.1, -0.05) is 6.07 Å². The fraction of sp³-hybridized carbons (Fsp3) is 0.318. The summed E-state index contributed by atoms with van der Waals surface area (Å²) in [5.74, 6) is -3.10. The Morgan fingerprint density at radius 2 is 1.94 bits per heavy atom. The predicted octanol–water partition coefficient (Wildman–Crippen LogP) is 4.15. The van der Waals surface area contributed by atoms with Crippen LogP contribution in [-0.2, 0) is 0 Å². The number of aromatic nitrogens is 2. The zero-order valence-electron chi connectivity index (χ0n) is 16.8. The van der Waals surface area contributed by atoms with Crippen LogP contribution in [0, 0.1) is 5.82 Å². The number of fused-ring (bicyclic) bond motifs is 1. The van der Waals surface area contributed by atoms with Crippen molar-refractivity contribution in [1.29, 1.82) is 0 Å². The molecule has 0 unspecified atom stereocenters. The molecule has 1 aromatic carbocycles. The molecule has 1 aliphatic rings. The minimum absolute atomic E-state index is 0.00403. The van der Waals surface area contributed by atoms with Crippen LogP contribution in [0.4, 0.5) is 13.2 Å². The summed E-state index contributed by atoms with van der Waals surface area (Å²) in [4.78, 5) is 29.0. The van der Waals surface area contributed by atoms with Gasteiger partial charge in [0.1, 0.15) is 17.3 Å². The fourth-order valence-corrected chi connectivity index (χ4v) is 3.68.